The van der Waals surface area contributed by atoms with Gasteiger partial charge in [-0.1, -0.05) is 6.07 Å². The number of amides is 2. The molecule has 0 spiro atoms. The van der Waals surface area contributed by atoms with Gasteiger partial charge in [-0.15, -0.1) is 0 Å². The molecular formula is C17H18N4O3. The molecule has 24 heavy (non-hydrogen) atoms. The van der Waals surface area contributed by atoms with Crippen LogP contribution in [-0.4, -0.2) is 28.1 Å². The lowest BCUT2D eigenvalue weighted by molar-refractivity contribution is -0.114. The van der Waals surface area contributed by atoms with Gasteiger partial charge in [0, 0.05) is 30.3 Å². The minimum Gasteiger partial charge on any atom is -0.349 e. The largest absolute Gasteiger partial charge is 0.349 e. The number of aromatic amines is 1. The Labute approximate surface area is 138 Å². The van der Waals surface area contributed by atoms with Crippen LogP contribution >= 0.6 is 0 Å². The molecule has 0 bridgehead atoms. The molecule has 7 nitrogen and oxygen atoms in total. The fourth-order valence-electron chi connectivity index (χ4n) is 2.87. The number of hydrogen-bond acceptors (Lipinski definition) is 4. The van der Waals surface area contributed by atoms with E-state index in [1.54, 1.807) is 24.3 Å². The number of anilines is 1. The van der Waals surface area contributed by atoms with E-state index in [9.17, 15) is 14.4 Å². The maximum Gasteiger partial charge on any atom is 0.264 e. The minimum absolute atomic E-state index is 0.0435. The van der Waals surface area contributed by atoms with Crippen molar-refractivity contribution < 1.29 is 9.59 Å². The van der Waals surface area contributed by atoms with Crippen LogP contribution in [0.4, 0.5) is 5.69 Å². The van der Waals surface area contributed by atoms with Crippen molar-refractivity contribution in [2.24, 2.45) is 0 Å². The summed E-state index contributed by atoms with van der Waals surface area (Å²) in [5.41, 5.74) is 2.59. The van der Waals surface area contributed by atoms with Gasteiger partial charge in [0.2, 0.25) is 5.91 Å². The van der Waals surface area contributed by atoms with E-state index in [-0.39, 0.29) is 23.4 Å². The molecular weight excluding hydrogens is 308 g/mol. The summed E-state index contributed by atoms with van der Waals surface area (Å²) in [6.45, 7) is 1.42. The van der Waals surface area contributed by atoms with E-state index in [4.69, 9.17) is 0 Å². The van der Waals surface area contributed by atoms with Gasteiger partial charge in [0.05, 0.1) is 5.69 Å². The third-order valence-corrected chi connectivity index (χ3v) is 3.95. The molecule has 1 heterocycles. The molecule has 0 unspecified atom stereocenters. The zero-order chi connectivity index (χ0) is 17.1. The van der Waals surface area contributed by atoms with Gasteiger partial charge in [-0.25, -0.2) is 5.10 Å². The highest BCUT2D eigenvalue weighted by molar-refractivity contribution is 5.96. The number of rotatable bonds is 3. The summed E-state index contributed by atoms with van der Waals surface area (Å²) in [5.74, 6) is -0.386. The highest BCUT2D eigenvalue weighted by atomic mass is 16.2. The van der Waals surface area contributed by atoms with Crippen molar-refractivity contribution in [2.75, 3.05) is 5.32 Å². The zero-order valence-corrected chi connectivity index (χ0v) is 13.3. The molecule has 0 saturated heterocycles. The summed E-state index contributed by atoms with van der Waals surface area (Å²) in [5, 5.41) is 12.1. The molecule has 1 aliphatic carbocycles. The van der Waals surface area contributed by atoms with Crippen molar-refractivity contribution in [3.63, 3.8) is 0 Å². The van der Waals surface area contributed by atoms with Crippen LogP contribution in [0.2, 0.25) is 0 Å². The standard InChI is InChI=1S/C17H18N4O3/c1-10(22)18-13-4-2-3-11(7-13)17(24)19-14-5-6-15-12(8-14)9-16(23)21-20-15/h2-4,7,9,14H,5-6,8H2,1H3,(H,18,22)(H,19,24)(H,21,23)/t14-/m1/s1. The summed E-state index contributed by atoms with van der Waals surface area (Å²) in [6.07, 6.45) is 2.07. The molecule has 0 aliphatic heterocycles. The average Bonchev–Trinajstić information content (AvgIpc) is 2.54. The predicted molar refractivity (Wildman–Crippen MR) is 88.9 cm³/mol. The highest BCUT2D eigenvalue weighted by Gasteiger charge is 2.22. The summed E-state index contributed by atoms with van der Waals surface area (Å²) in [4.78, 5) is 34.9. The van der Waals surface area contributed by atoms with Crippen LogP contribution in [0.25, 0.3) is 0 Å². The predicted octanol–water partition coefficient (Wildman–Crippen LogP) is 1.02. The van der Waals surface area contributed by atoms with Crippen LogP contribution < -0.4 is 16.2 Å². The lowest BCUT2D eigenvalue weighted by Crippen LogP contribution is -2.39. The molecule has 1 aromatic carbocycles. The second kappa shape index (κ2) is 6.66. The summed E-state index contributed by atoms with van der Waals surface area (Å²) < 4.78 is 0. The van der Waals surface area contributed by atoms with Crippen LogP contribution in [0.1, 0.15) is 35.0 Å². The lowest BCUT2D eigenvalue weighted by Gasteiger charge is -2.24. The van der Waals surface area contributed by atoms with Gasteiger partial charge in [-0.05, 0) is 43.0 Å². The van der Waals surface area contributed by atoms with Crippen molar-refractivity contribution in [1.29, 1.82) is 0 Å². The van der Waals surface area contributed by atoms with Crippen molar-refractivity contribution in [3.05, 3.63) is 57.5 Å². The van der Waals surface area contributed by atoms with Gasteiger partial charge in [0.25, 0.3) is 11.5 Å². The van der Waals surface area contributed by atoms with Crippen molar-refractivity contribution in [1.82, 2.24) is 15.5 Å². The van der Waals surface area contributed by atoms with Gasteiger partial charge >= 0.3 is 0 Å². The summed E-state index contributed by atoms with van der Waals surface area (Å²) >= 11 is 0. The first-order chi connectivity index (χ1) is 11.5. The molecule has 0 radical (unpaired) electrons. The van der Waals surface area contributed by atoms with Crippen molar-refractivity contribution in [2.45, 2.75) is 32.2 Å². The Morgan fingerprint density at radius 3 is 2.92 bits per heavy atom. The van der Waals surface area contributed by atoms with Crippen LogP contribution in [0.3, 0.4) is 0 Å². The minimum atomic E-state index is -0.233. The number of nitrogens with one attached hydrogen (secondary N) is 3. The number of nitrogens with zero attached hydrogens (tertiary/aromatic N) is 1. The number of carbonyl (C=O) groups is 2. The molecule has 0 saturated carbocycles. The molecule has 7 heteroatoms. The Balaban J connectivity index is 1.69. The van der Waals surface area contributed by atoms with Crippen LogP contribution in [0.15, 0.2) is 35.1 Å². The molecule has 1 aliphatic rings. The second-order valence-electron chi connectivity index (χ2n) is 5.88. The second-order valence-corrected chi connectivity index (χ2v) is 5.88. The zero-order valence-electron chi connectivity index (χ0n) is 13.3. The Kier molecular flexibility index (Phi) is 4.41. The molecule has 0 fully saturated rings. The maximum absolute atomic E-state index is 12.4. The normalized spacial score (nSPS) is 16.1. The number of aromatic nitrogens is 2. The number of carbonyl (C=O) groups excluding carboxylic acids is 2. The molecule has 3 rings (SSSR count). The third kappa shape index (κ3) is 3.68. The molecule has 1 aromatic heterocycles. The van der Waals surface area contributed by atoms with Crippen molar-refractivity contribution in [3.8, 4) is 0 Å². The first kappa shape index (κ1) is 15.9. The monoisotopic (exact) mass is 326 g/mol. The number of hydrogen-bond donors (Lipinski definition) is 3. The quantitative estimate of drug-likeness (QED) is 0.783. The van der Waals surface area contributed by atoms with Crippen LogP contribution in [0, 0.1) is 0 Å². The van der Waals surface area contributed by atoms with Gasteiger partial charge in [-0.2, -0.15) is 5.10 Å². The first-order valence-electron chi connectivity index (χ1n) is 7.77. The topological polar surface area (TPSA) is 104 Å². The number of H-pyrrole nitrogens is 1. The van der Waals surface area contributed by atoms with Crippen LogP contribution in [0.5, 0.6) is 0 Å². The van der Waals surface area contributed by atoms with Gasteiger partial charge in [-0.3, -0.25) is 14.4 Å². The Morgan fingerprint density at radius 2 is 2.12 bits per heavy atom. The van der Waals surface area contributed by atoms with Crippen molar-refractivity contribution >= 4 is 17.5 Å². The molecule has 2 amide bonds. The maximum atomic E-state index is 12.4. The fraction of sp³-hybridized carbons (Fsp3) is 0.294. The van der Waals surface area contributed by atoms with E-state index < -0.39 is 0 Å². The van der Waals surface area contributed by atoms with E-state index in [1.165, 1.54) is 13.0 Å². The smallest absolute Gasteiger partial charge is 0.264 e. The van der Waals surface area contributed by atoms with Gasteiger partial charge in [0.15, 0.2) is 0 Å². The third-order valence-electron chi connectivity index (χ3n) is 3.95. The first-order valence-corrected chi connectivity index (χ1v) is 7.77. The fourth-order valence-corrected chi connectivity index (χ4v) is 2.87. The number of fused-ring (bicyclic) bond motifs is 1. The SMILES string of the molecule is CC(=O)Nc1cccc(C(=O)N[C@@H]2CCc3n[nH]c(=O)cc3C2)c1. The summed E-state index contributed by atoms with van der Waals surface area (Å²) in [6, 6.07) is 8.28. The Hall–Kier alpha value is -2.96. The Morgan fingerprint density at radius 1 is 1.29 bits per heavy atom. The average molecular weight is 326 g/mol. The van der Waals surface area contributed by atoms with Gasteiger partial charge in [0.1, 0.15) is 0 Å². The summed E-state index contributed by atoms with van der Waals surface area (Å²) in [7, 11) is 0. The molecule has 1 atom stereocenters. The number of benzene rings is 1. The molecule has 2 aromatic rings. The van der Waals surface area contributed by atoms with Gasteiger partial charge < -0.3 is 10.6 Å². The van der Waals surface area contributed by atoms with E-state index in [2.05, 4.69) is 20.8 Å². The van der Waals surface area contributed by atoms with Crippen LogP contribution in [-0.2, 0) is 17.6 Å². The molecule has 124 valence electrons. The van der Waals surface area contributed by atoms with E-state index in [0.29, 0.717) is 24.1 Å². The molecule has 3 N–H and O–H groups in total. The highest BCUT2D eigenvalue weighted by Crippen LogP contribution is 2.18. The van der Waals surface area contributed by atoms with E-state index in [0.717, 1.165) is 17.7 Å². The lowest BCUT2D eigenvalue weighted by atomic mass is 9.92. The van der Waals surface area contributed by atoms with E-state index >= 15 is 0 Å². The Bertz CT molecular complexity index is 844. The van der Waals surface area contributed by atoms with E-state index in [1.807, 2.05) is 0 Å². The number of aryl methyl sites for hydroxylation is 1.